The molecule has 1 fully saturated rings. The molecule has 134 valence electrons. The topological polar surface area (TPSA) is 32.7 Å². The van der Waals surface area contributed by atoms with Gasteiger partial charge in [-0.1, -0.05) is 67.6 Å². The van der Waals surface area contributed by atoms with E-state index >= 15 is 0 Å². The Bertz CT molecular complexity index is 583. The molecule has 2 aromatic rings. The molecule has 2 aromatic carbocycles. The summed E-state index contributed by atoms with van der Waals surface area (Å²) in [6, 6.07) is 21.0. The van der Waals surface area contributed by atoms with Crippen molar-refractivity contribution >= 4 is 0 Å². The number of hydrogen-bond acceptors (Lipinski definition) is 3. The summed E-state index contributed by atoms with van der Waals surface area (Å²) in [5.41, 5.74) is 2.02. The normalized spacial score (nSPS) is 17.4. The summed E-state index contributed by atoms with van der Waals surface area (Å²) in [5, 5.41) is 11.2. The second-order valence-electron chi connectivity index (χ2n) is 6.83. The van der Waals surface area contributed by atoms with Gasteiger partial charge >= 0.3 is 0 Å². The summed E-state index contributed by atoms with van der Waals surface area (Å²) in [5.74, 6) is 0. The lowest BCUT2D eigenvalue weighted by Gasteiger charge is -2.41. The lowest BCUT2D eigenvalue weighted by Crippen LogP contribution is -2.45. The molecule has 1 unspecified atom stereocenters. The molecule has 0 spiro atoms. The van der Waals surface area contributed by atoms with Crippen LogP contribution < -0.4 is 0 Å². The lowest BCUT2D eigenvalue weighted by atomic mass is 9.67. The molecule has 0 saturated carbocycles. The number of benzene rings is 2. The van der Waals surface area contributed by atoms with Crippen molar-refractivity contribution in [3.8, 4) is 0 Å². The Morgan fingerprint density at radius 1 is 0.960 bits per heavy atom. The van der Waals surface area contributed by atoms with Crippen LogP contribution in [0.4, 0.5) is 0 Å². The summed E-state index contributed by atoms with van der Waals surface area (Å²) >= 11 is 0. The van der Waals surface area contributed by atoms with E-state index in [0.717, 1.165) is 45.7 Å². The first-order valence-corrected chi connectivity index (χ1v) is 9.36. The van der Waals surface area contributed by atoms with Crippen LogP contribution in [0.3, 0.4) is 0 Å². The molecule has 1 aliphatic heterocycles. The van der Waals surface area contributed by atoms with Crippen LogP contribution in [0, 0.1) is 0 Å². The number of aliphatic hydroxyl groups excluding tert-OH is 1. The average molecular weight is 339 g/mol. The van der Waals surface area contributed by atoms with Crippen LogP contribution in [0.25, 0.3) is 0 Å². The van der Waals surface area contributed by atoms with Gasteiger partial charge in [-0.2, -0.15) is 0 Å². The van der Waals surface area contributed by atoms with Crippen LogP contribution >= 0.6 is 0 Å². The van der Waals surface area contributed by atoms with E-state index < -0.39 is 6.10 Å². The van der Waals surface area contributed by atoms with Gasteiger partial charge in [0.1, 0.15) is 0 Å². The largest absolute Gasteiger partial charge is 0.392 e. The minimum atomic E-state index is -0.418. The highest BCUT2D eigenvalue weighted by Crippen LogP contribution is 2.40. The minimum Gasteiger partial charge on any atom is -0.392 e. The van der Waals surface area contributed by atoms with Gasteiger partial charge in [-0.05, 0) is 30.5 Å². The van der Waals surface area contributed by atoms with Gasteiger partial charge in [0.25, 0.3) is 0 Å². The molecule has 25 heavy (non-hydrogen) atoms. The lowest BCUT2D eigenvalue weighted by molar-refractivity contribution is 0.0273. The van der Waals surface area contributed by atoms with Gasteiger partial charge in [0.2, 0.25) is 0 Å². The fourth-order valence-corrected chi connectivity index (χ4v) is 3.99. The van der Waals surface area contributed by atoms with Crippen molar-refractivity contribution in [2.75, 3.05) is 32.8 Å². The number of hydrogen-bond donors (Lipinski definition) is 1. The van der Waals surface area contributed by atoms with Crippen LogP contribution in [0.1, 0.15) is 30.9 Å². The number of ether oxygens (including phenoxy) is 1. The van der Waals surface area contributed by atoms with Gasteiger partial charge in [0.15, 0.2) is 0 Å². The zero-order chi connectivity index (χ0) is 17.5. The Kier molecular flexibility index (Phi) is 6.24. The van der Waals surface area contributed by atoms with E-state index in [9.17, 15) is 5.11 Å². The van der Waals surface area contributed by atoms with Gasteiger partial charge in [-0.3, -0.25) is 4.90 Å². The van der Waals surface area contributed by atoms with Crippen LogP contribution in [0.5, 0.6) is 0 Å². The molecule has 3 heteroatoms. The van der Waals surface area contributed by atoms with E-state index in [0.29, 0.717) is 0 Å². The summed E-state index contributed by atoms with van der Waals surface area (Å²) < 4.78 is 5.48. The van der Waals surface area contributed by atoms with E-state index in [1.807, 2.05) is 12.1 Å². The van der Waals surface area contributed by atoms with Crippen LogP contribution in [0.15, 0.2) is 60.7 Å². The number of morpholine rings is 1. The number of rotatable bonds is 7. The fourth-order valence-electron chi connectivity index (χ4n) is 3.99. The van der Waals surface area contributed by atoms with Gasteiger partial charge < -0.3 is 9.84 Å². The molecule has 0 aliphatic carbocycles. The van der Waals surface area contributed by atoms with E-state index in [1.165, 1.54) is 11.1 Å². The maximum atomic E-state index is 11.2. The second-order valence-corrected chi connectivity index (χ2v) is 6.83. The van der Waals surface area contributed by atoms with Gasteiger partial charge in [0.05, 0.1) is 19.3 Å². The molecule has 3 rings (SSSR count). The SMILES string of the molecule is CCC(O)C(CCN1CCOCC1)(c1ccccc1)c1ccccc1. The maximum absolute atomic E-state index is 11.2. The Balaban J connectivity index is 1.98. The predicted molar refractivity (Wildman–Crippen MR) is 102 cm³/mol. The van der Waals surface area contributed by atoms with Crippen molar-refractivity contribution < 1.29 is 9.84 Å². The zero-order valence-electron chi connectivity index (χ0n) is 15.1. The van der Waals surface area contributed by atoms with Crippen molar-refractivity contribution in [1.82, 2.24) is 4.90 Å². The number of aliphatic hydroxyl groups is 1. The van der Waals surface area contributed by atoms with Gasteiger partial charge in [0, 0.05) is 18.5 Å². The molecule has 1 heterocycles. The monoisotopic (exact) mass is 339 g/mol. The average Bonchev–Trinajstić information content (AvgIpc) is 2.70. The third-order valence-electron chi connectivity index (χ3n) is 5.46. The Morgan fingerprint density at radius 2 is 1.48 bits per heavy atom. The zero-order valence-corrected chi connectivity index (χ0v) is 15.1. The summed E-state index contributed by atoms with van der Waals surface area (Å²) in [7, 11) is 0. The molecule has 1 saturated heterocycles. The summed E-state index contributed by atoms with van der Waals surface area (Å²) in [4.78, 5) is 2.45. The maximum Gasteiger partial charge on any atom is 0.0675 e. The van der Waals surface area contributed by atoms with Crippen LogP contribution in [-0.2, 0) is 10.2 Å². The van der Waals surface area contributed by atoms with E-state index in [1.54, 1.807) is 0 Å². The molecule has 1 N–H and O–H groups in total. The van der Waals surface area contributed by atoms with E-state index in [-0.39, 0.29) is 5.41 Å². The molecular formula is C22H29NO2. The Morgan fingerprint density at radius 3 is 1.96 bits per heavy atom. The first kappa shape index (κ1) is 18.1. The van der Waals surface area contributed by atoms with Crippen molar-refractivity contribution in [1.29, 1.82) is 0 Å². The molecule has 0 amide bonds. The summed E-state index contributed by atoms with van der Waals surface area (Å²) in [6.07, 6.45) is 1.21. The third kappa shape index (κ3) is 3.95. The Labute approximate surface area is 151 Å². The van der Waals surface area contributed by atoms with E-state index in [4.69, 9.17) is 4.74 Å². The Hall–Kier alpha value is -1.68. The molecule has 0 aromatic heterocycles. The number of nitrogens with zero attached hydrogens (tertiary/aromatic N) is 1. The minimum absolute atomic E-state index is 0.379. The quantitative estimate of drug-likeness (QED) is 0.838. The molecule has 0 radical (unpaired) electrons. The highest BCUT2D eigenvalue weighted by Gasteiger charge is 2.40. The van der Waals surface area contributed by atoms with Gasteiger partial charge in [-0.15, -0.1) is 0 Å². The summed E-state index contributed by atoms with van der Waals surface area (Å²) in [6.45, 7) is 6.59. The highest BCUT2D eigenvalue weighted by atomic mass is 16.5. The van der Waals surface area contributed by atoms with Crippen LogP contribution in [-0.4, -0.2) is 49.0 Å². The first-order valence-electron chi connectivity index (χ1n) is 9.36. The molecule has 1 atom stereocenters. The smallest absolute Gasteiger partial charge is 0.0675 e. The fraction of sp³-hybridized carbons (Fsp3) is 0.455. The third-order valence-corrected chi connectivity index (χ3v) is 5.46. The highest BCUT2D eigenvalue weighted by molar-refractivity contribution is 5.41. The molecule has 0 bridgehead atoms. The first-order chi connectivity index (χ1) is 12.3. The van der Waals surface area contributed by atoms with Crippen LogP contribution in [0.2, 0.25) is 0 Å². The van der Waals surface area contributed by atoms with Crippen molar-refractivity contribution in [2.45, 2.75) is 31.3 Å². The van der Waals surface area contributed by atoms with E-state index in [2.05, 4.69) is 60.4 Å². The standard InChI is InChI=1S/C22H29NO2/c1-2-21(24)22(19-9-5-3-6-10-19,20-11-7-4-8-12-20)13-14-23-15-17-25-18-16-23/h3-12,21,24H,2,13-18H2,1H3. The van der Waals surface area contributed by atoms with Crippen molar-refractivity contribution in [2.24, 2.45) is 0 Å². The van der Waals surface area contributed by atoms with Crippen molar-refractivity contribution in [3.63, 3.8) is 0 Å². The molecule has 1 aliphatic rings. The molecule has 3 nitrogen and oxygen atoms in total. The predicted octanol–water partition coefficient (Wildman–Crippen LogP) is 3.47. The van der Waals surface area contributed by atoms with Gasteiger partial charge in [-0.25, -0.2) is 0 Å². The van der Waals surface area contributed by atoms with Crippen molar-refractivity contribution in [3.05, 3.63) is 71.8 Å². The second kappa shape index (κ2) is 8.61. The molecular weight excluding hydrogens is 310 g/mol.